The number of sulfonamides is 1. The predicted molar refractivity (Wildman–Crippen MR) is 89.8 cm³/mol. The summed E-state index contributed by atoms with van der Waals surface area (Å²) in [5.41, 5.74) is 0. The fourth-order valence-corrected chi connectivity index (χ4v) is 4.86. The van der Waals surface area contributed by atoms with Crippen LogP contribution in [-0.2, 0) is 19.9 Å². The lowest BCUT2D eigenvalue weighted by Gasteiger charge is -2.26. The maximum atomic E-state index is 12.5. The molecule has 0 aliphatic carbocycles. The third-order valence-electron chi connectivity index (χ3n) is 3.82. The second kappa shape index (κ2) is 7.68. The molecule has 1 N–H and O–H groups in total. The highest BCUT2D eigenvalue weighted by atomic mass is 32.2. The molecule has 10 heteroatoms. The van der Waals surface area contributed by atoms with E-state index >= 15 is 0 Å². The molecule has 1 aromatic rings. The molecule has 0 unspecified atom stereocenters. The van der Waals surface area contributed by atoms with Crippen molar-refractivity contribution in [3.63, 3.8) is 0 Å². The Bertz CT molecular complexity index is 762. The number of methoxy groups -OCH3 is 2. The first-order chi connectivity index (χ1) is 11.3. The van der Waals surface area contributed by atoms with Crippen molar-refractivity contribution < 1.29 is 26.3 Å². The van der Waals surface area contributed by atoms with Crippen LogP contribution in [0.15, 0.2) is 23.1 Å². The molecule has 0 aromatic heterocycles. The van der Waals surface area contributed by atoms with Crippen LogP contribution < -0.4 is 14.2 Å². The predicted octanol–water partition coefficient (Wildman–Crippen LogP) is -0.287. The molecular formula is C14H22N2O6S2. The van der Waals surface area contributed by atoms with Crippen LogP contribution in [0.1, 0.15) is 0 Å². The van der Waals surface area contributed by atoms with Gasteiger partial charge in [0.2, 0.25) is 10.0 Å². The Balaban J connectivity index is 1.99. The van der Waals surface area contributed by atoms with Gasteiger partial charge >= 0.3 is 0 Å². The van der Waals surface area contributed by atoms with Crippen molar-refractivity contribution in [1.82, 2.24) is 9.62 Å². The van der Waals surface area contributed by atoms with Gasteiger partial charge in [0.1, 0.15) is 16.4 Å². The Morgan fingerprint density at radius 2 is 1.83 bits per heavy atom. The number of sulfone groups is 1. The van der Waals surface area contributed by atoms with Crippen LogP contribution in [0.4, 0.5) is 0 Å². The third kappa shape index (κ3) is 4.82. The molecule has 1 aliphatic heterocycles. The Kier molecular flexibility index (Phi) is 6.07. The summed E-state index contributed by atoms with van der Waals surface area (Å²) in [4.78, 5) is 1.93. The second-order valence-electron chi connectivity index (χ2n) is 5.41. The summed E-state index contributed by atoms with van der Waals surface area (Å²) in [6.07, 6.45) is 0. The Morgan fingerprint density at radius 3 is 2.42 bits per heavy atom. The van der Waals surface area contributed by atoms with Crippen molar-refractivity contribution in [1.29, 1.82) is 0 Å². The molecule has 136 valence electrons. The summed E-state index contributed by atoms with van der Waals surface area (Å²) in [6, 6.07) is 4.55. The van der Waals surface area contributed by atoms with Crippen LogP contribution in [0.3, 0.4) is 0 Å². The Labute approximate surface area is 142 Å². The van der Waals surface area contributed by atoms with E-state index in [1.807, 2.05) is 4.90 Å². The maximum Gasteiger partial charge on any atom is 0.244 e. The molecule has 1 aliphatic rings. The molecule has 24 heavy (non-hydrogen) atoms. The Hall–Kier alpha value is -1.36. The molecular weight excluding hydrogens is 356 g/mol. The standard InChI is InChI=1S/C14H22N2O6S2/c1-21-12-3-4-13(22-2)14(11-12)24(19,20)15-5-6-16-7-9-23(17,18)10-8-16/h3-4,11,15H,5-10H2,1-2H3. The smallest absolute Gasteiger partial charge is 0.244 e. The number of hydrogen-bond acceptors (Lipinski definition) is 7. The summed E-state index contributed by atoms with van der Waals surface area (Å²) in [5, 5.41) is 0. The molecule has 8 nitrogen and oxygen atoms in total. The van der Waals surface area contributed by atoms with E-state index in [4.69, 9.17) is 9.47 Å². The van der Waals surface area contributed by atoms with Crippen LogP contribution in [0.2, 0.25) is 0 Å². The fraction of sp³-hybridized carbons (Fsp3) is 0.571. The van der Waals surface area contributed by atoms with E-state index in [0.29, 0.717) is 25.4 Å². The van der Waals surface area contributed by atoms with Gasteiger partial charge in [0.15, 0.2) is 9.84 Å². The molecule has 1 fully saturated rings. The first-order valence-corrected chi connectivity index (χ1v) is 10.7. The first-order valence-electron chi connectivity index (χ1n) is 7.42. The number of nitrogens with one attached hydrogen (secondary N) is 1. The van der Waals surface area contributed by atoms with Crippen LogP contribution >= 0.6 is 0 Å². The van der Waals surface area contributed by atoms with Crippen molar-refractivity contribution in [2.24, 2.45) is 0 Å². The lowest BCUT2D eigenvalue weighted by molar-refractivity contribution is 0.300. The number of benzene rings is 1. The quantitative estimate of drug-likeness (QED) is 0.696. The molecule has 1 aromatic carbocycles. The number of rotatable bonds is 7. The number of ether oxygens (including phenoxy) is 2. The molecule has 0 saturated carbocycles. The zero-order valence-corrected chi connectivity index (χ0v) is 15.3. The lowest BCUT2D eigenvalue weighted by Crippen LogP contribution is -2.43. The van der Waals surface area contributed by atoms with Crippen LogP contribution in [0.25, 0.3) is 0 Å². The average Bonchev–Trinajstić information content (AvgIpc) is 2.55. The van der Waals surface area contributed by atoms with Crippen LogP contribution in [0.5, 0.6) is 11.5 Å². The monoisotopic (exact) mass is 378 g/mol. The number of nitrogens with zero attached hydrogens (tertiary/aromatic N) is 1. The summed E-state index contributed by atoms with van der Waals surface area (Å²) in [7, 11) is -3.85. The zero-order chi connectivity index (χ0) is 17.8. The van der Waals surface area contributed by atoms with Gasteiger partial charge < -0.3 is 14.4 Å². The molecule has 0 radical (unpaired) electrons. The summed E-state index contributed by atoms with van der Waals surface area (Å²) >= 11 is 0. The minimum absolute atomic E-state index is 0.00516. The molecule has 0 amide bonds. The van der Waals surface area contributed by atoms with E-state index < -0.39 is 19.9 Å². The maximum absolute atomic E-state index is 12.5. The van der Waals surface area contributed by atoms with Gasteiger partial charge in [0.05, 0.1) is 25.7 Å². The summed E-state index contributed by atoms with van der Waals surface area (Å²) < 4.78 is 60.4. The van der Waals surface area contributed by atoms with Gasteiger partial charge in [0, 0.05) is 32.2 Å². The fourth-order valence-electron chi connectivity index (χ4n) is 2.38. The highest BCUT2D eigenvalue weighted by Crippen LogP contribution is 2.27. The molecule has 2 rings (SSSR count). The van der Waals surface area contributed by atoms with E-state index in [2.05, 4.69) is 4.72 Å². The molecule has 0 atom stereocenters. The molecule has 0 spiro atoms. The molecule has 1 saturated heterocycles. The highest BCUT2D eigenvalue weighted by molar-refractivity contribution is 7.91. The van der Waals surface area contributed by atoms with E-state index in [-0.39, 0.29) is 28.7 Å². The van der Waals surface area contributed by atoms with E-state index in [9.17, 15) is 16.8 Å². The van der Waals surface area contributed by atoms with Gasteiger partial charge in [-0.15, -0.1) is 0 Å². The highest BCUT2D eigenvalue weighted by Gasteiger charge is 2.23. The van der Waals surface area contributed by atoms with Gasteiger partial charge in [0.25, 0.3) is 0 Å². The van der Waals surface area contributed by atoms with Crippen molar-refractivity contribution in [3.05, 3.63) is 18.2 Å². The molecule has 1 heterocycles. The van der Waals surface area contributed by atoms with E-state index in [1.54, 1.807) is 6.07 Å². The normalized spacial score (nSPS) is 18.2. The van der Waals surface area contributed by atoms with Crippen molar-refractivity contribution in [2.75, 3.05) is 51.9 Å². The molecule has 0 bridgehead atoms. The largest absolute Gasteiger partial charge is 0.497 e. The lowest BCUT2D eigenvalue weighted by atomic mass is 10.3. The van der Waals surface area contributed by atoms with Gasteiger partial charge in [-0.25, -0.2) is 21.6 Å². The van der Waals surface area contributed by atoms with Gasteiger partial charge in [-0.3, -0.25) is 0 Å². The SMILES string of the molecule is COc1ccc(OC)c(S(=O)(=O)NCCN2CCS(=O)(=O)CC2)c1. The second-order valence-corrected chi connectivity index (χ2v) is 9.45. The van der Waals surface area contributed by atoms with Crippen molar-refractivity contribution in [3.8, 4) is 11.5 Å². The van der Waals surface area contributed by atoms with Crippen LogP contribution in [0, 0.1) is 0 Å². The zero-order valence-electron chi connectivity index (χ0n) is 13.7. The van der Waals surface area contributed by atoms with Gasteiger partial charge in [-0.05, 0) is 12.1 Å². The van der Waals surface area contributed by atoms with Crippen molar-refractivity contribution >= 4 is 19.9 Å². The summed E-state index contributed by atoms with van der Waals surface area (Å²) in [6.45, 7) is 1.48. The van der Waals surface area contributed by atoms with E-state index in [1.165, 1.54) is 26.4 Å². The third-order valence-corrected chi connectivity index (χ3v) is 6.91. The minimum atomic E-state index is -3.76. The van der Waals surface area contributed by atoms with Gasteiger partial charge in [-0.2, -0.15) is 0 Å². The Morgan fingerprint density at radius 1 is 1.17 bits per heavy atom. The van der Waals surface area contributed by atoms with Crippen molar-refractivity contribution in [2.45, 2.75) is 4.90 Å². The number of hydrogen-bond donors (Lipinski definition) is 1. The summed E-state index contributed by atoms with van der Waals surface area (Å²) in [5.74, 6) is 0.872. The first kappa shape index (κ1) is 19.0. The topological polar surface area (TPSA) is 102 Å². The average molecular weight is 378 g/mol. The minimum Gasteiger partial charge on any atom is -0.497 e. The van der Waals surface area contributed by atoms with E-state index in [0.717, 1.165) is 0 Å². The van der Waals surface area contributed by atoms with Crippen LogP contribution in [-0.4, -0.2) is 73.6 Å². The van der Waals surface area contributed by atoms with Gasteiger partial charge in [-0.1, -0.05) is 0 Å².